The lowest BCUT2D eigenvalue weighted by atomic mass is 9.69. The second-order valence-electron chi connectivity index (χ2n) is 8.55. The summed E-state index contributed by atoms with van der Waals surface area (Å²) >= 11 is 2.03. The summed E-state index contributed by atoms with van der Waals surface area (Å²) in [5, 5.41) is 0. The van der Waals surface area contributed by atoms with Crippen LogP contribution in [0.15, 0.2) is 12.7 Å². The first kappa shape index (κ1) is 20.0. The Labute approximate surface area is 165 Å². The minimum Gasteiger partial charge on any atom is -0.375 e. The van der Waals surface area contributed by atoms with Crippen molar-refractivity contribution in [2.75, 3.05) is 6.61 Å². The smallest absolute Gasteiger partial charge is 0.158 e. The van der Waals surface area contributed by atoms with Crippen LogP contribution in [0.2, 0.25) is 0 Å². The topological polar surface area (TPSA) is 9.23 Å². The molecule has 0 bridgehead atoms. The predicted octanol–water partition coefficient (Wildman–Crippen LogP) is 6.44. The van der Waals surface area contributed by atoms with Gasteiger partial charge in [0, 0.05) is 10.5 Å². The Morgan fingerprint density at radius 1 is 0.840 bits per heavy atom. The van der Waals surface area contributed by atoms with Crippen molar-refractivity contribution in [2.45, 2.75) is 86.6 Å². The number of alkyl halides is 3. The van der Waals surface area contributed by atoms with Crippen LogP contribution in [0.25, 0.3) is 0 Å². The van der Waals surface area contributed by atoms with Crippen LogP contribution in [0.5, 0.6) is 0 Å². The standard InChI is InChI=1S/C21H33F2IO/c1-2-14-3-7-16(8-4-14)17-9-5-15(6-10-17)13-25-19-12-11-18(24)20(22)21(19)23/h2,14-21H,1,3-13H2. The number of hydrogen-bond acceptors (Lipinski definition) is 1. The fraction of sp³-hybridized carbons (Fsp3) is 0.905. The van der Waals surface area contributed by atoms with Gasteiger partial charge in [0.1, 0.15) is 6.17 Å². The number of halogens is 3. The normalized spacial score (nSPS) is 45.9. The van der Waals surface area contributed by atoms with Gasteiger partial charge in [0.25, 0.3) is 0 Å². The molecule has 0 aromatic heterocycles. The van der Waals surface area contributed by atoms with Crippen molar-refractivity contribution in [1.29, 1.82) is 0 Å². The molecule has 3 fully saturated rings. The molecule has 4 unspecified atom stereocenters. The number of ether oxygens (including phenoxy) is 1. The van der Waals surface area contributed by atoms with E-state index in [0.29, 0.717) is 18.9 Å². The van der Waals surface area contributed by atoms with Crippen LogP contribution >= 0.6 is 22.6 Å². The molecular weight excluding hydrogens is 433 g/mol. The van der Waals surface area contributed by atoms with Crippen molar-refractivity contribution in [3.05, 3.63) is 12.7 Å². The summed E-state index contributed by atoms with van der Waals surface area (Å²) in [6.45, 7) is 4.57. The maximum absolute atomic E-state index is 14.1. The van der Waals surface area contributed by atoms with Crippen LogP contribution in [0.4, 0.5) is 8.78 Å². The number of allylic oxidation sites excluding steroid dienone is 1. The van der Waals surface area contributed by atoms with E-state index in [2.05, 4.69) is 12.7 Å². The molecule has 0 aromatic carbocycles. The van der Waals surface area contributed by atoms with Crippen molar-refractivity contribution in [1.82, 2.24) is 0 Å². The van der Waals surface area contributed by atoms with Crippen LogP contribution < -0.4 is 0 Å². The van der Waals surface area contributed by atoms with Gasteiger partial charge in [0.2, 0.25) is 0 Å². The molecule has 4 atom stereocenters. The Balaban J connectivity index is 1.36. The molecule has 144 valence electrons. The van der Waals surface area contributed by atoms with E-state index in [9.17, 15) is 8.78 Å². The van der Waals surface area contributed by atoms with Crippen LogP contribution in [0.1, 0.15) is 64.2 Å². The Hall–Kier alpha value is 0.290. The molecule has 0 amide bonds. The first-order chi connectivity index (χ1) is 12.1. The Bertz CT molecular complexity index is 416. The molecule has 0 N–H and O–H groups in total. The summed E-state index contributed by atoms with van der Waals surface area (Å²) in [6.07, 6.45) is 10.6. The van der Waals surface area contributed by atoms with Crippen molar-refractivity contribution in [3.8, 4) is 0 Å². The molecule has 0 aliphatic heterocycles. The number of rotatable bonds is 5. The highest BCUT2D eigenvalue weighted by atomic mass is 127. The lowest BCUT2D eigenvalue weighted by Gasteiger charge is -2.38. The van der Waals surface area contributed by atoms with E-state index in [1.165, 1.54) is 51.4 Å². The average molecular weight is 466 g/mol. The number of hydrogen-bond donors (Lipinski definition) is 0. The first-order valence-corrected chi connectivity index (χ1v) is 11.5. The lowest BCUT2D eigenvalue weighted by Crippen LogP contribution is -2.43. The van der Waals surface area contributed by atoms with Crippen LogP contribution in [-0.2, 0) is 4.74 Å². The minimum atomic E-state index is -1.44. The third kappa shape index (κ3) is 5.18. The third-order valence-electron chi connectivity index (χ3n) is 6.99. The van der Waals surface area contributed by atoms with Gasteiger partial charge in [-0.3, -0.25) is 0 Å². The van der Waals surface area contributed by atoms with Gasteiger partial charge in [-0.2, -0.15) is 0 Å². The molecular formula is C21H33F2IO. The van der Waals surface area contributed by atoms with Crippen LogP contribution in [0, 0.1) is 23.7 Å². The van der Waals surface area contributed by atoms with Gasteiger partial charge in [0.15, 0.2) is 6.17 Å². The second-order valence-corrected chi connectivity index (χ2v) is 10.1. The molecule has 3 aliphatic carbocycles. The van der Waals surface area contributed by atoms with Crippen molar-refractivity contribution in [3.63, 3.8) is 0 Å². The van der Waals surface area contributed by atoms with Gasteiger partial charge in [-0.25, -0.2) is 8.78 Å². The fourth-order valence-electron chi connectivity index (χ4n) is 5.16. The zero-order chi connectivity index (χ0) is 17.8. The monoisotopic (exact) mass is 466 g/mol. The van der Waals surface area contributed by atoms with Gasteiger partial charge in [-0.1, -0.05) is 28.7 Å². The fourth-order valence-corrected chi connectivity index (χ4v) is 5.92. The SMILES string of the molecule is C=CC1CCC(C2CCC(COC3CCC(I)C(F)C3F)CC2)CC1. The molecule has 25 heavy (non-hydrogen) atoms. The zero-order valence-electron chi connectivity index (χ0n) is 15.2. The maximum Gasteiger partial charge on any atom is 0.158 e. The van der Waals surface area contributed by atoms with E-state index in [1.807, 2.05) is 22.6 Å². The predicted molar refractivity (Wildman–Crippen MR) is 108 cm³/mol. The average Bonchev–Trinajstić information content (AvgIpc) is 2.66. The van der Waals surface area contributed by atoms with E-state index in [0.717, 1.165) is 24.2 Å². The molecule has 0 heterocycles. The van der Waals surface area contributed by atoms with Gasteiger partial charge >= 0.3 is 0 Å². The Morgan fingerprint density at radius 2 is 1.44 bits per heavy atom. The summed E-state index contributed by atoms with van der Waals surface area (Å²) in [5.74, 6) is 3.06. The molecule has 3 rings (SSSR count). The van der Waals surface area contributed by atoms with Gasteiger partial charge in [0.05, 0.1) is 6.10 Å². The highest BCUT2D eigenvalue weighted by Crippen LogP contribution is 2.42. The first-order valence-electron chi connectivity index (χ1n) is 10.2. The molecule has 3 saturated carbocycles. The van der Waals surface area contributed by atoms with Gasteiger partial charge < -0.3 is 4.74 Å². The summed E-state index contributed by atoms with van der Waals surface area (Å²) in [6, 6.07) is 0. The molecule has 4 heteroatoms. The molecule has 0 radical (unpaired) electrons. The van der Waals surface area contributed by atoms with E-state index < -0.39 is 18.4 Å². The summed E-state index contributed by atoms with van der Waals surface area (Å²) in [4.78, 5) is 0. The van der Waals surface area contributed by atoms with Crippen molar-refractivity contribution >= 4 is 22.6 Å². The largest absolute Gasteiger partial charge is 0.375 e. The summed E-state index contributed by atoms with van der Waals surface area (Å²) in [7, 11) is 0. The molecule has 3 aliphatic rings. The molecule has 1 nitrogen and oxygen atoms in total. The maximum atomic E-state index is 14.1. The van der Waals surface area contributed by atoms with Gasteiger partial charge in [-0.15, -0.1) is 6.58 Å². The molecule has 0 spiro atoms. The second kappa shape index (κ2) is 9.48. The molecule has 0 aromatic rings. The summed E-state index contributed by atoms with van der Waals surface area (Å²) < 4.78 is 33.6. The Morgan fingerprint density at radius 3 is 2.04 bits per heavy atom. The van der Waals surface area contributed by atoms with E-state index in [1.54, 1.807) is 0 Å². The quantitative estimate of drug-likeness (QED) is 0.257. The van der Waals surface area contributed by atoms with Crippen molar-refractivity contribution < 1.29 is 13.5 Å². The minimum absolute atomic E-state index is 0.195. The summed E-state index contributed by atoms with van der Waals surface area (Å²) in [5.41, 5.74) is 0. The highest BCUT2D eigenvalue weighted by molar-refractivity contribution is 14.1. The Kier molecular flexibility index (Phi) is 7.59. The lowest BCUT2D eigenvalue weighted by molar-refractivity contribution is -0.0672. The van der Waals surface area contributed by atoms with E-state index in [4.69, 9.17) is 4.74 Å². The highest BCUT2D eigenvalue weighted by Gasteiger charge is 2.40. The zero-order valence-corrected chi connectivity index (χ0v) is 17.4. The van der Waals surface area contributed by atoms with Crippen molar-refractivity contribution in [2.24, 2.45) is 23.7 Å². The van der Waals surface area contributed by atoms with E-state index in [-0.39, 0.29) is 3.92 Å². The van der Waals surface area contributed by atoms with Gasteiger partial charge in [-0.05, 0) is 87.9 Å². The van der Waals surface area contributed by atoms with Crippen LogP contribution in [0.3, 0.4) is 0 Å². The van der Waals surface area contributed by atoms with Crippen LogP contribution in [-0.4, -0.2) is 29.0 Å². The molecule has 0 saturated heterocycles. The third-order valence-corrected chi connectivity index (χ3v) is 8.30. The van der Waals surface area contributed by atoms with E-state index >= 15 is 0 Å².